The van der Waals surface area contributed by atoms with Crippen molar-refractivity contribution in [2.75, 3.05) is 7.11 Å². The minimum Gasteiger partial charge on any atom is -0.496 e. The minimum atomic E-state index is -3.85. The number of amides is 1. The third-order valence-corrected chi connectivity index (χ3v) is 4.34. The summed E-state index contributed by atoms with van der Waals surface area (Å²) in [7, 11) is -2.43. The maximum absolute atomic E-state index is 12.2. The summed E-state index contributed by atoms with van der Waals surface area (Å²) in [6, 6.07) is 4.04. The van der Waals surface area contributed by atoms with Crippen molar-refractivity contribution in [1.82, 2.24) is 5.32 Å². The van der Waals surface area contributed by atoms with Gasteiger partial charge in [-0.1, -0.05) is 0 Å². The smallest absolute Gasteiger partial charge is 0.255 e. The van der Waals surface area contributed by atoms with Gasteiger partial charge in [0.05, 0.1) is 17.6 Å². The molecule has 110 valence electrons. The number of carbonyl (C=O) groups is 1. The Hall–Kier alpha value is -1.60. The largest absolute Gasteiger partial charge is 0.496 e. The summed E-state index contributed by atoms with van der Waals surface area (Å²) < 4.78 is 27.8. The summed E-state index contributed by atoms with van der Waals surface area (Å²) >= 11 is 0. The minimum absolute atomic E-state index is 0.0605. The molecule has 1 saturated carbocycles. The molecule has 1 atom stereocenters. The molecule has 0 aliphatic heterocycles. The zero-order chi connectivity index (χ0) is 14.9. The van der Waals surface area contributed by atoms with Crippen LogP contribution in [0.1, 0.15) is 30.1 Å². The fraction of sp³-hybridized carbons (Fsp3) is 0.462. The molecule has 6 nitrogen and oxygen atoms in total. The summed E-state index contributed by atoms with van der Waals surface area (Å²) in [6.45, 7) is 1.94. The summed E-state index contributed by atoms with van der Waals surface area (Å²) in [5.74, 6) is 0.469. The van der Waals surface area contributed by atoms with Crippen LogP contribution in [-0.4, -0.2) is 27.5 Å². The number of hydrogen-bond acceptors (Lipinski definition) is 4. The van der Waals surface area contributed by atoms with Gasteiger partial charge in [-0.25, -0.2) is 13.6 Å². The first-order valence-electron chi connectivity index (χ1n) is 6.34. The molecule has 20 heavy (non-hydrogen) atoms. The molecule has 0 saturated heterocycles. The van der Waals surface area contributed by atoms with Crippen LogP contribution >= 0.6 is 0 Å². The van der Waals surface area contributed by atoms with E-state index in [4.69, 9.17) is 9.88 Å². The van der Waals surface area contributed by atoms with Gasteiger partial charge in [-0.05, 0) is 43.9 Å². The first kappa shape index (κ1) is 14.8. The molecule has 1 fully saturated rings. The summed E-state index contributed by atoms with van der Waals surface area (Å²) in [4.78, 5) is 12.1. The van der Waals surface area contributed by atoms with Crippen LogP contribution in [0.15, 0.2) is 23.1 Å². The normalized spacial score (nSPS) is 16.6. The Morgan fingerprint density at radius 2 is 2.10 bits per heavy atom. The Labute approximate surface area is 118 Å². The maximum Gasteiger partial charge on any atom is 0.255 e. The van der Waals surface area contributed by atoms with Crippen LogP contribution in [0.2, 0.25) is 0 Å². The fourth-order valence-electron chi connectivity index (χ4n) is 2.04. The van der Waals surface area contributed by atoms with E-state index in [2.05, 4.69) is 5.32 Å². The number of sulfonamides is 1. The van der Waals surface area contributed by atoms with Gasteiger partial charge in [-0.3, -0.25) is 4.79 Å². The van der Waals surface area contributed by atoms with Crippen molar-refractivity contribution in [3.8, 4) is 5.75 Å². The van der Waals surface area contributed by atoms with E-state index in [0.717, 1.165) is 12.8 Å². The molecule has 1 aromatic carbocycles. The number of nitrogens with two attached hydrogens (primary N) is 1. The highest BCUT2D eigenvalue weighted by Crippen LogP contribution is 2.32. The Morgan fingerprint density at radius 1 is 1.45 bits per heavy atom. The highest BCUT2D eigenvalue weighted by molar-refractivity contribution is 7.89. The van der Waals surface area contributed by atoms with Crippen molar-refractivity contribution in [2.45, 2.75) is 30.7 Å². The Kier molecular flexibility index (Phi) is 4.01. The number of ether oxygens (including phenoxy) is 1. The van der Waals surface area contributed by atoms with Crippen LogP contribution in [0.5, 0.6) is 5.75 Å². The van der Waals surface area contributed by atoms with E-state index in [1.54, 1.807) is 0 Å². The molecule has 1 aliphatic rings. The lowest BCUT2D eigenvalue weighted by Gasteiger charge is -2.15. The van der Waals surface area contributed by atoms with E-state index in [9.17, 15) is 13.2 Å². The van der Waals surface area contributed by atoms with Gasteiger partial charge in [-0.2, -0.15) is 0 Å². The summed E-state index contributed by atoms with van der Waals surface area (Å²) in [5, 5.41) is 7.93. The van der Waals surface area contributed by atoms with Crippen molar-refractivity contribution in [2.24, 2.45) is 11.1 Å². The van der Waals surface area contributed by atoms with Gasteiger partial charge >= 0.3 is 0 Å². The number of rotatable bonds is 5. The van der Waals surface area contributed by atoms with Gasteiger partial charge in [-0.15, -0.1) is 0 Å². The zero-order valence-corrected chi connectivity index (χ0v) is 12.2. The van der Waals surface area contributed by atoms with Crippen LogP contribution in [0, 0.1) is 5.92 Å². The van der Waals surface area contributed by atoms with E-state index < -0.39 is 10.0 Å². The predicted molar refractivity (Wildman–Crippen MR) is 74.0 cm³/mol. The van der Waals surface area contributed by atoms with E-state index in [1.165, 1.54) is 25.3 Å². The first-order chi connectivity index (χ1) is 9.32. The molecule has 1 unspecified atom stereocenters. The lowest BCUT2D eigenvalue weighted by molar-refractivity contribution is 0.0932. The third-order valence-electron chi connectivity index (χ3n) is 3.43. The summed E-state index contributed by atoms with van der Waals surface area (Å²) in [6.07, 6.45) is 2.21. The lowest BCUT2D eigenvalue weighted by atomic mass is 10.1. The van der Waals surface area contributed by atoms with Crippen molar-refractivity contribution >= 4 is 15.9 Å². The Balaban J connectivity index is 2.29. The molecule has 2 rings (SSSR count). The van der Waals surface area contributed by atoms with E-state index in [-0.39, 0.29) is 22.4 Å². The molecule has 1 aromatic rings. The van der Waals surface area contributed by atoms with Gasteiger partial charge in [0.1, 0.15) is 5.75 Å². The second-order valence-electron chi connectivity index (χ2n) is 5.01. The van der Waals surface area contributed by atoms with Gasteiger partial charge in [0.15, 0.2) is 0 Å². The molecule has 0 heterocycles. The van der Waals surface area contributed by atoms with Crippen LogP contribution in [-0.2, 0) is 10.0 Å². The maximum atomic E-state index is 12.2. The van der Waals surface area contributed by atoms with Gasteiger partial charge in [0.2, 0.25) is 10.0 Å². The Morgan fingerprint density at radius 3 is 2.60 bits per heavy atom. The molecular formula is C13H18N2O4S. The molecule has 0 bridgehead atoms. The van der Waals surface area contributed by atoms with Crippen LogP contribution in [0.4, 0.5) is 0 Å². The number of carbonyl (C=O) groups excluding carboxylic acids is 1. The topological polar surface area (TPSA) is 98.5 Å². The van der Waals surface area contributed by atoms with Gasteiger partial charge in [0.25, 0.3) is 5.91 Å². The lowest BCUT2D eigenvalue weighted by Crippen LogP contribution is -2.34. The highest BCUT2D eigenvalue weighted by atomic mass is 32.2. The van der Waals surface area contributed by atoms with E-state index in [1.807, 2.05) is 6.92 Å². The average molecular weight is 298 g/mol. The molecule has 0 aromatic heterocycles. The van der Waals surface area contributed by atoms with Crippen molar-refractivity contribution in [3.63, 3.8) is 0 Å². The number of methoxy groups -OCH3 is 1. The quantitative estimate of drug-likeness (QED) is 0.842. The molecule has 1 aliphatic carbocycles. The van der Waals surface area contributed by atoms with Crippen LogP contribution < -0.4 is 15.2 Å². The number of nitrogens with one attached hydrogen (secondary N) is 1. The van der Waals surface area contributed by atoms with Crippen molar-refractivity contribution in [1.29, 1.82) is 0 Å². The van der Waals surface area contributed by atoms with E-state index >= 15 is 0 Å². The third kappa shape index (κ3) is 3.29. The second-order valence-corrected chi connectivity index (χ2v) is 6.57. The molecule has 1 amide bonds. The van der Waals surface area contributed by atoms with Crippen LogP contribution in [0.25, 0.3) is 0 Å². The van der Waals surface area contributed by atoms with E-state index in [0.29, 0.717) is 11.7 Å². The zero-order valence-electron chi connectivity index (χ0n) is 11.4. The molecule has 0 radical (unpaired) electrons. The average Bonchev–Trinajstić information content (AvgIpc) is 3.20. The SMILES string of the molecule is COc1ccc(S(N)(=O)=O)cc1C(=O)NC(C)C1CC1. The molecule has 0 spiro atoms. The summed E-state index contributed by atoms with van der Waals surface area (Å²) in [5.41, 5.74) is 0.173. The fourth-order valence-corrected chi connectivity index (χ4v) is 2.58. The predicted octanol–water partition coefficient (Wildman–Crippen LogP) is 0.871. The Bertz CT molecular complexity index is 623. The molecule has 3 N–H and O–H groups in total. The number of primary sulfonamides is 1. The molecular weight excluding hydrogens is 280 g/mol. The number of hydrogen-bond donors (Lipinski definition) is 2. The molecule has 7 heteroatoms. The van der Waals surface area contributed by atoms with Crippen molar-refractivity contribution < 1.29 is 17.9 Å². The van der Waals surface area contributed by atoms with Crippen molar-refractivity contribution in [3.05, 3.63) is 23.8 Å². The van der Waals surface area contributed by atoms with Gasteiger partial charge in [0, 0.05) is 6.04 Å². The highest BCUT2D eigenvalue weighted by Gasteiger charge is 2.29. The second kappa shape index (κ2) is 5.41. The number of benzene rings is 1. The van der Waals surface area contributed by atoms with Crippen LogP contribution in [0.3, 0.4) is 0 Å². The monoisotopic (exact) mass is 298 g/mol. The van der Waals surface area contributed by atoms with Gasteiger partial charge < -0.3 is 10.1 Å². The first-order valence-corrected chi connectivity index (χ1v) is 7.89. The standard InChI is InChI=1S/C13H18N2O4S/c1-8(9-3-4-9)15-13(16)11-7-10(20(14,17)18)5-6-12(11)19-2/h5-9H,3-4H2,1-2H3,(H,15,16)(H2,14,17,18).